The molecule has 7 nitrogen and oxygen atoms in total. The van der Waals surface area contributed by atoms with E-state index in [-0.39, 0.29) is 5.78 Å². The molecule has 7 heteroatoms. The number of carbonyl (C=O) groups excluding carboxylic acids is 1. The summed E-state index contributed by atoms with van der Waals surface area (Å²) in [5.41, 5.74) is 0.329. The van der Waals surface area contributed by atoms with Crippen molar-refractivity contribution in [2.75, 3.05) is 14.2 Å². The van der Waals surface area contributed by atoms with Crippen molar-refractivity contribution in [3.8, 4) is 17.2 Å². The summed E-state index contributed by atoms with van der Waals surface area (Å²) in [6, 6.07) is 8.66. The Bertz CT molecular complexity index is 813. The van der Waals surface area contributed by atoms with Crippen molar-refractivity contribution >= 4 is 17.5 Å². The fraction of sp³-hybridized carbons (Fsp3) is 0.118. The molecular weight excluding hydrogens is 314 g/mol. The lowest BCUT2D eigenvalue weighted by Gasteiger charge is -2.07. The molecule has 0 heterocycles. The second-order valence-electron chi connectivity index (χ2n) is 4.77. The molecule has 24 heavy (non-hydrogen) atoms. The van der Waals surface area contributed by atoms with Crippen LogP contribution < -0.4 is 9.47 Å². The van der Waals surface area contributed by atoms with Crippen LogP contribution in [0.25, 0.3) is 6.08 Å². The second-order valence-corrected chi connectivity index (χ2v) is 4.77. The monoisotopic (exact) mass is 329 g/mol. The van der Waals surface area contributed by atoms with Crippen LogP contribution >= 0.6 is 0 Å². The van der Waals surface area contributed by atoms with Crippen LogP contribution in [0, 0.1) is 10.1 Å². The van der Waals surface area contributed by atoms with Crippen LogP contribution in [0.1, 0.15) is 15.9 Å². The van der Waals surface area contributed by atoms with E-state index in [0.717, 1.165) is 0 Å². The van der Waals surface area contributed by atoms with Crippen molar-refractivity contribution in [3.05, 3.63) is 63.7 Å². The number of hydrogen-bond donors (Lipinski definition) is 1. The Morgan fingerprint density at radius 3 is 2.54 bits per heavy atom. The topological polar surface area (TPSA) is 98.9 Å². The minimum Gasteiger partial charge on any atom is -0.502 e. The summed E-state index contributed by atoms with van der Waals surface area (Å²) in [6.45, 7) is 0. The van der Waals surface area contributed by atoms with Gasteiger partial charge in [-0.15, -0.1) is 0 Å². The van der Waals surface area contributed by atoms with Gasteiger partial charge in [0.2, 0.25) is 0 Å². The SMILES string of the molecule is COc1ccc(C(=O)/C=C/c2ccc(O)c([N+](=O)[O-])c2)c(OC)c1. The van der Waals surface area contributed by atoms with Crippen molar-refractivity contribution in [1.29, 1.82) is 0 Å². The zero-order valence-electron chi connectivity index (χ0n) is 13.1. The van der Waals surface area contributed by atoms with Crippen LogP contribution in [0.4, 0.5) is 5.69 Å². The van der Waals surface area contributed by atoms with Gasteiger partial charge in [0.15, 0.2) is 11.5 Å². The van der Waals surface area contributed by atoms with Crippen LogP contribution in [0.2, 0.25) is 0 Å². The van der Waals surface area contributed by atoms with Crippen LogP contribution in [0.15, 0.2) is 42.5 Å². The van der Waals surface area contributed by atoms with E-state index in [1.165, 1.54) is 44.6 Å². The van der Waals surface area contributed by atoms with Gasteiger partial charge < -0.3 is 14.6 Å². The standard InChI is InChI=1S/C17H15NO6/c1-23-12-5-6-13(17(10-12)24-2)15(19)7-3-11-4-8-16(20)14(9-11)18(21)22/h3-10,20H,1-2H3/b7-3+. The number of nitro groups is 1. The summed E-state index contributed by atoms with van der Waals surface area (Å²) in [5.74, 6) is 0.160. The van der Waals surface area contributed by atoms with Gasteiger partial charge in [0.1, 0.15) is 11.5 Å². The smallest absolute Gasteiger partial charge is 0.311 e. The molecule has 0 radical (unpaired) electrons. The lowest BCUT2D eigenvalue weighted by atomic mass is 10.1. The molecule has 0 aromatic heterocycles. The molecule has 0 aliphatic carbocycles. The number of ketones is 1. The molecule has 0 saturated carbocycles. The van der Waals surface area contributed by atoms with Gasteiger partial charge in [-0.25, -0.2) is 0 Å². The van der Waals surface area contributed by atoms with E-state index in [4.69, 9.17) is 9.47 Å². The molecule has 2 rings (SSSR count). The van der Waals surface area contributed by atoms with E-state index in [9.17, 15) is 20.0 Å². The summed E-state index contributed by atoms with van der Waals surface area (Å²) in [5, 5.41) is 20.2. The molecule has 0 spiro atoms. The van der Waals surface area contributed by atoms with Gasteiger partial charge in [-0.2, -0.15) is 0 Å². The van der Waals surface area contributed by atoms with Crippen molar-refractivity contribution in [1.82, 2.24) is 0 Å². The predicted molar refractivity (Wildman–Crippen MR) is 87.7 cm³/mol. The third-order valence-corrected chi connectivity index (χ3v) is 3.30. The van der Waals surface area contributed by atoms with Gasteiger partial charge in [-0.1, -0.05) is 12.1 Å². The number of methoxy groups -OCH3 is 2. The van der Waals surface area contributed by atoms with Gasteiger partial charge in [0.25, 0.3) is 0 Å². The maximum atomic E-state index is 12.3. The van der Waals surface area contributed by atoms with Gasteiger partial charge in [0, 0.05) is 12.1 Å². The van der Waals surface area contributed by atoms with Gasteiger partial charge in [-0.05, 0) is 29.8 Å². The lowest BCUT2D eigenvalue weighted by molar-refractivity contribution is -0.385. The number of benzene rings is 2. The highest BCUT2D eigenvalue weighted by Crippen LogP contribution is 2.28. The molecule has 0 aliphatic heterocycles. The average Bonchev–Trinajstić information content (AvgIpc) is 2.59. The number of aromatic hydroxyl groups is 1. The first-order chi connectivity index (χ1) is 11.5. The number of phenolic OH excluding ortho intramolecular Hbond substituents is 1. The lowest BCUT2D eigenvalue weighted by Crippen LogP contribution is -1.99. The number of allylic oxidation sites excluding steroid dienone is 1. The Balaban J connectivity index is 2.28. The number of phenols is 1. The summed E-state index contributed by atoms with van der Waals surface area (Å²) in [7, 11) is 2.95. The van der Waals surface area contributed by atoms with E-state index in [1.54, 1.807) is 18.2 Å². The Morgan fingerprint density at radius 2 is 1.92 bits per heavy atom. The van der Waals surface area contributed by atoms with E-state index < -0.39 is 16.4 Å². The highest BCUT2D eigenvalue weighted by atomic mass is 16.6. The fourth-order valence-electron chi connectivity index (χ4n) is 2.05. The van der Waals surface area contributed by atoms with Crippen LogP contribution in [0.3, 0.4) is 0 Å². The van der Waals surface area contributed by atoms with E-state index in [0.29, 0.717) is 22.6 Å². The number of hydrogen-bond acceptors (Lipinski definition) is 6. The summed E-state index contributed by atoms with van der Waals surface area (Å²) in [6.07, 6.45) is 2.71. The van der Waals surface area contributed by atoms with Crippen LogP contribution in [-0.2, 0) is 0 Å². The van der Waals surface area contributed by atoms with E-state index >= 15 is 0 Å². The number of nitrogens with zero attached hydrogens (tertiary/aromatic N) is 1. The molecule has 0 bridgehead atoms. The molecule has 0 aliphatic rings. The first kappa shape index (κ1) is 17.0. The van der Waals surface area contributed by atoms with Gasteiger partial charge >= 0.3 is 5.69 Å². The molecule has 0 atom stereocenters. The Kier molecular flexibility index (Phi) is 5.16. The number of ether oxygens (including phenoxy) is 2. The number of carbonyl (C=O) groups is 1. The third-order valence-electron chi connectivity index (χ3n) is 3.30. The van der Waals surface area contributed by atoms with Crippen LogP contribution in [0.5, 0.6) is 17.2 Å². The zero-order chi connectivity index (χ0) is 17.7. The Hall–Kier alpha value is -3.35. The van der Waals surface area contributed by atoms with Crippen molar-refractivity contribution in [2.24, 2.45) is 0 Å². The molecule has 0 saturated heterocycles. The normalized spacial score (nSPS) is 10.6. The maximum Gasteiger partial charge on any atom is 0.311 e. The number of rotatable bonds is 6. The quantitative estimate of drug-likeness (QED) is 0.378. The van der Waals surface area contributed by atoms with Gasteiger partial charge in [-0.3, -0.25) is 14.9 Å². The van der Waals surface area contributed by atoms with Crippen molar-refractivity contribution < 1.29 is 24.3 Å². The molecule has 1 N–H and O–H groups in total. The zero-order valence-corrected chi connectivity index (χ0v) is 13.1. The van der Waals surface area contributed by atoms with Crippen molar-refractivity contribution in [3.63, 3.8) is 0 Å². The molecule has 2 aromatic carbocycles. The van der Waals surface area contributed by atoms with Crippen molar-refractivity contribution in [2.45, 2.75) is 0 Å². The molecule has 0 fully saturated rings. The first-order valence-electron chi connectivity index (χ1n) is 6.88. The fourth-order valence-corrected chi connectivity index (χ4v) is 2.05. The summed E-state index contributed by atoms with van der Waals surface area (Å²) < 4.78 is 10.2. The van der Waals surface area contributed by atoms with E-state index in [1.807, 2.05) is 0 Å². The minimum atomic E-state index is -0.693. The molecule has 0 amide bonds. The highest BCUT2D eigenvalue weighted by molar-refractivity contribution is 6.08. The van der Waals surface area contributed by atoms with Gasteiger partial charge in [0.05, 0.1) is 24.7 Å². The highest BCUT2D eigenvalue weighted by Gasteiger charge is 2.14. The predicted octanol–water partition coefficient (Wildman–Crippen LogP) is 3.21. The number of nitro benzene ring substituents is 1. The average molecular weight is 329 g/mol. The third kappa shape index (κ3) is 3.70. The van der Waals surface area contributed by atoms with Crippen LogP contribution in [-0.4, -0.2) is 30.0 Å². The summed E-state index contributed by atoms with van der Waals surface area (Å²) >= 11 is 0. The minimum absolute atomic E-state index is 0.328. The molecular formula is C17H15NO6. The molecule has 2 aromatic rings. The molecule has 0 unspecified atom stereocenters. The second kappa shape index (κ2) is 7.28. The van der Waals surface area contributed by atoms with E-state index in [2.05, 4.69) is 0 Å². The Labute approximate surface area is 137 Å². The Morgan fingerprint density at radius 1 is 1.17 bits per heavy atom. The summed E-state index contributed by atoms with van der Waals surface area (Å²) in [4.78, 5) is 22.4. The first-order valence-corrected chi connectivity index (χ1v) is 6.88. The largest absolute Gasteiger partial charge is 0.502 e. The maximum absolute atomic E-state index is 12.3. The molecule has 124 valence electrons.